The number of amides is 1. The van der Waals surface area contributed by atoms with E-state index in [2.05, 4.69) is 0 Å². The number of carbonyl (C=O) groups is 2. The second kappa shape index (κ2) is 7.00. The van der Waals surface area contributed by atoms with Crippen molar-refractivity contribution in [2.24, 2.45) is 0 Å². The normalized spacial score (nSPS) is 18.4. The van der Waals surface area contributed by atoms with Gasteiger partial charge >= 0.3 is 0 Å². The number of carbonyl (C=O) groups excluding carboxylic acids is 2. The third-order valence-electron chi connectivity index (χ3n) is 5.24. The molecule has 28 heavy (non-hydrogen) atoms. The van der Waals surface area contributed by atoms with E-state index in [1.807, 2.05) is 61.7 Å². The van der Waals surface area contributed by atoms with Crippen LogP contribution >= 0.6 is 11.3 Å². The van der Waals surface area contributed by atoms with E-state index in [9.17, 15) is 14.7 Å². The maximum absolute atomic E-state index is 13.3. The van der Waals surface area contributed by atoms with Crippen LogP contribution in [0.4, 0.5) is 5.69 Å². The molecule has 1 aliphatic heterocycles. The Kier molecular flexibility index (Phi) is 4.65. The van der Waals surface area contributed by atoms with Gasteiger partial charge < -0.3 is 10.0 Å². The van der Waals surface area contributed by atoms with E-state index in [0.29, 0.717) is 23.4 Å². The van der Waals surface area contributed by atoms with Crippen LogP contribution in [0.2, 0.25) is 0 Å². The van der Waals surface area contributed by atoms with E-state index < -0.39 is 11.5 Å². The molecule has 0 aliphatic carbocycles. The number of para-hydroxylation sites is 1. The fourth-order valence-corrected chi connectivity index (χ4v) is 4.45. The van der Waals surface area contributed by atoms with Crippen molar-refractivity contribution < 1.29 is 14.7 Å². The minimum atomic E-state index is -1.85. The monoisotopic (exact) mass is 391 g/mol. The topological polar surface area (TPSA) is 57.6 Å². The zero-order valence-corrected chi connectivity index (χ0v) is 16.6. The summed E-state index contributed by atoms with van der Waals surface area (Å²) in [5, 5.41) is 13.4. The molecule has 2 aromatic carbocycles. The van der Waals surface area contributed by atoms with E-state index in [0.717, 1.165) is 16.0 Å². The third kappa shape index (κ3) is 3.07. The number of fused-ring (bicyclic) bond motifs is 1. The first-order valence-electron chi connectivity index (χ1n) is 9.17. The maximum Gasteiger partial charge on any atom is 0.264 e. The highest BCUT2D eigenvalue weighted by atomic mass is 32.1. The van der Waals surface area contributed by atoms with Gasteiger partial charge in [0.05, 0.1) is 18.7 Å². The summed E-state index contributed by atoms with van der Waals surface area (Å²) >= 11 is 1.56. The van der Waals surface area contributed by atoms with E-state index >= 15 is 0 Å². The summed E-state index contributed by atoms with van der Waals surface area (Å²) in [4.78, 5) is 28.9. The number of aliphatic hydroxyl groups is 1. The Morgan fingerprint density at radius 3 is 2.64 bits per heavy atom. The molecule has 5 heteroatoms. The molecule has 1 N–H and O–H groups in total. The molecule has 0 saturated heterocycles. The van der Waals surface area contributed by atoms with Crippen LogP contribution in [-0.4, -0.2) is 16.8 Å². The van der Waals surface area contributed by atoms with Crippen LogP contribution in [0.3, 0.4) is 0 Å². The Balaban J connectivity index is 1.70. The molecular formula is C23H21NO3S. The van der Waals surface area contributed by atoms with Crippen molar-refractivity contribution in [3.8, 4) is 0 Å². The highest BCUT2D eigenvalue weighted by Crippen LogP contribution is 2.43. The summed E-state index contributed by atoms with van der Waals surface area (Å²) in [5.41, 5.74) is 1.68. The number of aryl methyl sites for hydroxylation is 2. The fourth-order valence-electron chi connectivity index (χ4n) is 3.76. The van der Waals surface area contributed by atoms with Gasteiger partial charge in [0.15, 0.2) is 11.4 Å². The Bertz CT molecular complexity index is 1060. The number of Topliss-reactive ketones (excluding diaryl/α,β-unsaturated/α-hetero) is 1. The van der Waals surface area contributed by atoms with Gasteiger partial charge in [-0.1, -0.05) is 42.0 Å². The van der Waals surface area contributed by atoms with Crippen molar-refractivity contribution in [1.29, 1.82) is 0 Å². The summed E-state index contributed by atoms with van der Waals surface area (Å²) in [6.07, 6.45) is -0.270. The van der Waals surface area contributed by atoms with Crippen molar-refractivity contribution in [3.05, 3.63) is 87.1 Å². The lowest BCUT2D eigenvalue weighted by Gasteiger charge is -2.23. The number of rotatable bonds is 5. The van der Waals surface area contributed by atoms with Gasteiger partial charge in [-0.25, -0.2) is 0 Å². The van der Waals surface area contributed by atoms with Crippen LogP contribution in [0.15, 0.2) is 60.0 Å². The molecule has 1 aromatic heterocycles. The maximum atomic E-state index is 13.3. The molecule has 3 aromatic rings. The van der Waals surface area contributed by atoms with Crippen LogP contribution in [0.5, 0.6) is 0 Å². The Labute approximate surface area is 168 Å². The molecule has 0 spiro atoms. The van der Waals surface area contributed by atoms with E-state index in [-0.39, 0.29) is 12.2 Å². The van der Waals surface area contributed by atoms with Crippen LogP contribution in [-0.2, 0) is 16.9 Å². The van der Waals surface area contributed by atoms with Gasteiger partial charge in [-0.15, -0.1) is 11.3 Å². The van der Waals surface area contributed by atoms with Gasteiger partial charge in [0.25, 0.3) is 5.91 Å². The van der Waals surface area contributed by atoms with Gasteiger partial charge in [0.1, 0.15) is 0 Å². The van der Waals surface area contributed by atoms with Gasteiger partial charge in [-0.05, 0) is 43.0 Å². The van der Waals surface area contributed by atoms with Crippen LogP contribution < -0.4 is 4.90 Å². The average molecular weight is 391 g/mol. The highest BCUT2D eigenvalue weighted by Gasteiger charge is 2.50. The molecule has 1 atom stereocenters. The number of hydrogen-bond donors (Lipinski definition) is 1. The first kappa shape index (κ1) is 18.6. The first-order valence-corrected chi connectivity index (χ1v) is 10.0. The smallest absolute Gasteiger partial charge is 0.264 e. The number of thiophene rings is 1. The van der Waals surface area contributed by atoms with Crippen molar-refractivity contribution >= 4 is 28.7 Å². The molecule has 4 nitrogen and oxygen atoms in total. The quantitative estimate of drug-likeness (QED) is 0.657. The summed E-state index contributed by atoms with van der Waals surface area (Å²) in [5.74, 6) is -0.675. The molecule has 0 bridgehead atoms. The van der Waals surface area contributed by atoms with Crippen molar-refractivity contribution in [2.45, 2.75) is 32.4 Å². The van der Waals surface area contributed by atoms with Crippen LogP contribution in [0, 0.1) is 13.8 Å². The molecule has 2 heterocycles. The Morgan fingerprint density at radius 2 is 1.89 bits per heavy atom. The SMILES string of the molecule is Cc1ccc(C)c(C(=O)C[C@@]2(O)C(=O)N(Cc3cccs3)c3ccccc32)c1. The van der Waals surface area contributed by atoms with Crippen molar-refractivity contribution in [2.75, 3.05) is 4.90 Å². The molecule has 0 radical (unpaired) electrons. The summed E-state index contributed by atoms with van der Waals surface area (Å²) in [7, 11) is 0. The van der Waals surface area contributed by atoms with Crippen molar-refractivity contribution in [3.63, 3.8) is 0 Å². The van der Waals surface area contributed by atoms with E-state index in [1.54, 1.807) is 28.4 Å². The predicted octanol–water partition coefficient (Wildman–Crippen LogP) is 4.37. The molecule has 142 valence electrons. The minimum Gasteiger partial charge on any atom is -0.375 e. The second-order valence-corrected chi connectivity index (χ2v) is 8.30. The molecule has 0 fully saturated rings. The fraction of sp³-hybridized carbons (Fsp3) is 0.217. The molecule has 1 aliphatic rings. The number of nitrogens with zero attached hydrogens (tertiary/aromatic N) is 1. The third-order valence-corrected chi connectivity index (χ3v) is 6.10. The molecule has 4 rings (SSSR count). The Morgan fingerprint density at radius 1 is 1.11 bits per heavy atom. The summed E-state index contributed by atoms with van der Waals surface area (Å²) in [6, 6.07) is 16.7. The summed E-state index contributed by atoms with van der Waals surface area (Å²) < 4.78 is 0. The van der Waals surface area contributed by atoms with Gasteiger partial charge in [-0.3, -0.25) is 9.59 Å². The Hall–Kier alpha value is -2.76. The minimum absolute atomic E-state index is 0.232. The largest absolute Gasteiger partial charge is 0.375 e. The van der Waals surface area contributed by atoms with Gasteiger partial charge in [0.2, 0.25) is 0 Å². The van der Waals surface area contributed by atoms with Crippen LogP contribution in [0.1, 0.15) is 38.3 Å². The zero-order valence-electron chi connectivity index (χ0n) is 15.8. The average Bonchev–Trinajstić information content (AvgIpc) is 3.26. The number of hydrogen-bond acceptors (Lipinski definition) is 4. The molecule has 0 unspecified atom stereocenters. The van der Waals surface area contributed by atoms with Gasteiger partial charge in [-0.2, -0.15) is 0 Å². The molecule has 0 saturated carbocycles. The number of anilines is 1. The highest BCUT2D eigenvalue weighted by molar-refractivity contribution is 7.09. The second-order valence-electron chi connectivity index (χ2n) is 7.27. The van der Waals surface area contributed by atoms with Crippen LogP contribution in [0.25, 0.3) is 0 Å². The number of benzene rings is 2. The lowest BCUT2D eigenvalue weighted by Crippen LogP contribution is -2.41. The van der Waals surface area contributed by atoms with Crippen molar-refractivity contribution in [1.82, 2.24) is 0 Å². The number of ketones is 1. The van der Waals surface area contributed by atoms with Gasteiger partial charge in [0, 0.05) is 16.0 Å². The zero-order chi connectivity index (χ0) is 19.9. The first-order chi connectivity index (χ1) is 13.4. The predicted molar refractivity (Wildman–Crippen MR) is 111 cm³/mol. The van der Waals surface area contributed by atoms with E-state index in [4.69, 9.17) is 0 Å². The molecular weight excluding hydrogens is 370 g/mol. The summed E-state index contributed by atoms with van der Waals surface area (Å²) in [6.45, 7) is 4.17. The lowest BCUT2D eigenvalue weighted by molar-refractivity contribution is -0.136. The standard InChI is InChI=1S/C23H21NO3S/c1-15-9-10-16(2)18(12-15)21(25)13-23(27)19-7-3-4-8-20(19)24(22(23)26)14-17-6-5-11-28-17/h3-12,27H,13-14H2,1-2H3/t23-/m0/s1. The van der Waals surface area contributed by atoms with E-state index in [1.165, 1.54) is 0 Å². The molecule has 1 amide bonds. The lowest BCUT2D eigenvalue weighted by atomic mass is 9.87.